The highest BCUT2D eigenvalue weighted by atomic mass is 16.5. The van der Waals surface area contributed by atoms with Crippen LogP contribution in [0, 0.1) is 0 Å². The minimum absolute atomic E-state index is 0.197. The molecule has 0 saturated carbocycles. The van der Waals surface area contributed by atoms with Crippen LogP contribution in [0.4, 0.5) is 11.4 Å². The van der Waals surface area contributed by atoms with E-state index in [2.05, 4.69) is 16.0 Å². The molecule has 9 nitrogen and oxygen atoms in total. The predicted octanol–water partition coefficient (Wildman–Crippen LogP) is 3.09. The van der Waals surface area contributed by atoms with Crippen molar-refractivity contribution in [3.05, 3.63) is 78.4 Å². The number of benzene rings is 3. The Balaban J connectivity index is 1.54. The highest BCUT2D eigenvalue weighted by Gasteiger charge is 2.14. The quantitative estimate of drug-likeness (QED) is 0.426. The summed E-state index contributed by atoms with van der Waals surface area (Å²) in [5.74, 6) is -0.115. The van der Waals surface area contributed by atoms with E-state index in [0.29, 0.717) is 17.1 Å². The fourth-order valence-electron chi connectivity index (χ4n) is 2.99. The molecule has 0 aliphatic carbocycles. The smallest absolute Gasteiger partial charge is 0.262 e. The van der Waals surface area contributed by atoms with Gasteiger partial charge in [0, 0.05) is 11.3 Å². The van der Waals surface area contributed by atoms with Gasteiger partial charge in [0.05, 0.1) is 26.5 Å². The number of carbonyl (C=O) groups is 3. The predicted molar refractivity (Wildman–Crippen MR) is 128 cm³/mol. The Labute approximate surface area is 197 Å². The second-order valence-electron chi connectivity index (χ2n) is 7.00. The van der Waals surface area contributed by atoms with Gasteiger partial charge in [-0.05, 0) is 42.5 Å². The van der Waals surface area contributed by atoms with Crippen molar-refractivity contribution >= 4 is 29.1 Å². The zero-order valence-corrected chi connectivity index (χ0v) is 18.8. The number of hydrogen-bond donors (Lipinski definition) is 3. The molecule has 0 spiro atoms. The number of amides is 3. The molecule has 34 heavy (non-hydrogen) atoms. The van der Waals surface area contributed by atoms with Crippen LogP contribution in [0.5, 0.6) is 17.2 Å². The third kappa shape index (κ3) is 6.73. The lowest BCUT2D eigenvalue weighted by Crippen LogP contribution is -2.32. The number of carbonyl (C=O) groups excluding carboxylic acids is 3. The van der Waals surface area contributed by atoms with E-state index >= 15 is 0 Å². The van der Waals surface area contributed by atoms with E-state index in [9.17, 15) is 14.4 Å². The van der Waals surface area contributed by atoms with E-state index in [1.54, 1.807) is 48.5 Å². The first-order valence-electron chi connectivity index (χ1n) is 10.4. The molecule has 0 saturated heterocycles. The molecule has 9 heteroatoms. The second kappa shape index (κ2) is 11.9. The van der Waals surface area contributed by atoms with Crippen molar-refractivity contribution in [3.63, 3.8) is 0 Å². The number of nitrogens with one attached hydrogen (secondary N) is 3. The van der Waals surface area contributed by atoms with Crippen LogP contribution in [0.3, 0.4) is 0 Å². The lowest BCUT2D eigenvalue weighted by molar-refractivity contribution is -0.118. The van der Waals surface area contributed by atoms with E-state index in [0.717, 1.165) is 0 Å². The largest absolute Gasteiger partial charge is 0.495 e. The molecule has 3 aromatic rings. The van der Waals surface area contributed by atoms with Crippen LogP contribution >= 0.6 is 0 Å². The molecule has 0 aliphatic rings. The monoisotopic (exact) mass is 463 g/mol. The van der Waals surface area contributed by atoms with E-state index < -0.39 is 11.8 Å². The Kier molecular flexibility index (Phi) is 8.45. The summed E-state index contributed by atoms with van der Waals surface area (Å²) in [5, 5.41) is 7.95. The van der Waals surface area contributed by atoms with Crippen molar-refractivity contribution in [2.75, 3.05) is 38.0 Å². The highest BCUT2D eigenvalue weighted by molar-refractivity contribution is 5.99. The van der Waals surface area contributed by atoms with Gasteiger partial charge in [0.2, 0.25) is 5.91 Å². The normalized spacial score (nSPS) is 10.1. The van der Waals surface area contributed by atoms with Gasteiger partial charge in [-0.25, -0.2) is 0 Å². The molecule has 176 valence electrons. The molecule has 0 atom stereocenters. The molecule has 3 N–H and O–H groups in total. The number of rotatable bonds is 10. The summed E-state index contributed by atoms with van der Waals surface area (Å²) in [6.45, 7) is -0.475. The van der Waals surface area contributed by atoms with E-state index in [1.807, 2.05) is 6.07 Å². The third-order valence-corrected chi connectivity index (χ3v) is 4.63. The molecule has 0 aliphatic heterocycles. The van der Waals surface area contributed by atoms with Crippen molar-refractivity contribution in [2.24, 2.45) is 0 Å². The zero-order chi connectivity index (χ0) is 24.3. The lowest BCUT2D eigenvalue weighted by atomic mass is 10.2. The Hall–Kier alpha value is -4.53. The van der Waals surface area contributed by atoms with Crippen molar-refractivity contribution in [3.8, 4) is 17.2 Å². The fraction of sp³-hybridized carbons (Fsp3) is 0.160. The van der Waals surface area contributed by atoms with Gasteiger partial charge in [0.25, 0.3) is 11.8 Å². The summed E-state index contributed by atoms with van der Waals surface area (Å²) >= 11 is 0. The maximum absolute atomic E-state index is 12.4. The van der Waals surface area contributed by atoms with Crippen molar-refractivity contribution in [1.82, 2.24) is 5.32 Å². The molecule has 3 rings (SSSR count). The number of methoxy groups -OCH3 is 2. The average molecular weight is 463 g/mol. The van der Waals surface area contributed by atoms with Gasteiger partial charge in [0.15, 0.2) is 18.1 Å². The standard InChI is InChI=1S/C25H25N3O6/c1-32-20-11-7-6-10-19(20)28-24(30)16-34-21-13-12-17(14-22(21)33-2)25(31)26-15-23(29)27-18-8-4-3-5-9-18/h3-14H,15-16H2,1-2H3,(H,26,31)(H,27,29)(H,28,30). The Morgan fingerprint density at radius 3 is 2.18 bits per heavy atom. The van der Waals surface area contributed by atoms with Gasteiger partial charge in [0.1, 0.15) is 5.75 Å². The highest BCUT2D eigenvalue weighted by Crippen LogP contribution is 2.28. The molecule has 3 amide bonds. The molecule has 0 aromatic heterocycles. The Bertz CT molecular complexity index is 1150. The minimum Gasteiger partial charge on any atom is -0.495 e. The molecule has 3 aromatic carbocycles. The van der Waals surface area contributed by atoms with E-state index in [4.69, 9.17) is 14.2 Å². The summed E-state index contributed by atoms with van der Waals surface area (Å²) < 4.78 is 16.1. The van der Waals surface area contributed by atoms with Gasteiger partial charge < -0.3 is 30.2 Å². The van der Waals surface area contributed by atoms with Crippen LogP contribution in [-0.2, 0) is 9.59 Å². The fourth-order valence-corrected chi connectivity index (χ4v) is 2.99. The maximum atomic E-state index is 12.4. The van der Waals surface area contributed by atoms with Crippen LogP contribution in [0.2, 0.25) is 0 Å². The van der Waals surface area contributed by atoms with E-state index in [-0.39, 0.29) is 36.1 Å². The molecule has 0 radical (unpaired) electrons. The summed E-state index contributed by atoms with van der Waals surface area (Å²) in [7, 11) is 2.94. The number of ether oxygens (including phenoxy) is 3. The number of anilines is 2. The number of hydrogen-bond acceptors (Lipinski definition) is 6. The minimum atomic E-state index is -0.457. The number of para-hydroxylation sites is 3. The van der Waals surface area contributed by atoms with Crippen molar-refractivity contribution in [1.29, 1.82) is 0 Å². The molecule has 0 fully saturated rings. The Morgan fingerprint density at radius 1 is 0.735 bits per heavy atom. The van der Waals surface area contributed by atoms with Crippen LogP contribution in [0.25, 0.3) is 0 Å². The van der Waals surface area contributed by atoms with Crippen LogP contribution in [0.1, 0.15) is 10.4 Å². The first kappa shape index (κ1) is 24.1. The molecule has 0 unspecified atom stereocenters. The first-order valence-corrected chi connectivity index (χ1v) is 10.4. The molecular formula is C25H25N3O6. The SMILES string of the molecule is COc1ccccc1NC(=O)COc1ccc(C(=O)NCC(=O)Nc2ccccc2)cc1OC. The van der Waals surface area contributed by atoms with Crippen molar-refractivity contribution in [2.45, 2.75) is 0 Å². The van der Waals surface area contributed by atoms with Crippen LogP contribution < -0.4 is 30.2 Å². The molecule has 0 heterocycles. The van der Waals surface area contributed by atoms with Gasteiger partial charge in [-0.3, -0.25) is 14.4 Å². The Morgan fingerprint density at radius 2 is 1.44 bits per heavy atom. The van der Waals surface area contributed by atoms with Gasteiger partial charge in [-0.1, -0.05) is 30.3 Å². The van der Waals surface area contributed by atoms with Crippen LogP contribution in [-0.4, -0.2) is 45.1 Å². The van der Waals surface area contributed by atoms with Gasteiger partial charge in [-0.15, -0.1) is 0 Å². The van der Waals surface area contributed by atoms with Gasteiger partial charge >= 0.3 is 0 Å². The van der Waals surface area contributed by atoms with Crippen molar-refractivity contribution < 1.29 is 28.6 Å². The zero-order valence-electron chi connectivity index (χ0n) is 18.8. The van der Waals surface area contributed by atoms with Gasteiger partial charge in [-0.2, -0.15) is 0 Å². The maximum Gasteiger partial charge on any atom is 0.262 e. The summed E-state index contributed by atoms with van der Waals surface area (Å²) in [6, 6.07) is 20.5. The summed E-state index contributed by atoms with van der Waals surface area (Å²) in [6.07, 6.45) is 0. The van der Waals surface area contributed by atoms with Crippen LogP contribution in [0.15, 0.2) is 72.8 Å². The second-order valence-corrected chi connectivity index (χ2v) is 7.00. The summed E-state index contributed by atoms with van der Waals surface area (Å²) in [5.41, 5.74) is 1.43. The van der Waals surface area contributed by atoms with E-state index in [1.165, 1.54) is 32.4 Å². The topological polar surface area (TPSA) is 115 Å². The molecule has 0 bridgehead atoms. The third-order valence-electron chi connectivity index (χ3n) is 4.63. The first-order chi connectivity index (χ1) is 16.5. The molecular weight excluding hydrogens is 438 g/mol. The lowest BCUT2D eigenvalue weighted by Gasteiger charge is -2.13. The average Bonchev–Trinajstić information content (AvgIpc) is 2.86. The summed E-state index contributed by atoms with van der Waals surface area (Å²) in [4.78, 5) is 36.8.